The molecule has 4 heteroatoms. The Morgan fingerprint density at radius 2 is 1.85 bits per heavy atom. The number of aromatic carboxylic acids is 1. The lowest BCUT2D eigenvalue weighted by molar-refractivity contribution is 0.0697. The summed E-state index contributed by atoms with van der Waals surface area (Å²) in [5.74, 6) is -0.282. The van der Waals surface area contributed by atoms with E-state index in [0.717, 1.165) is 16.9 Å². The first-order chi connectivity index (χ1) is 9.47. The van der Waals surface area contributed by atoms with Crippen molar-refractivity contribution in [3.8, 4) is 16.9 Å². The van der Waals surface area contributed by atoms with Gasteiger partial charge in [0.25, 0.3) is 0 Å². The van der Waals surface area contributed by atoms with E-state index in [-0.39, 0.29) is 16.7 Å². The monoisotopic (exact) mass is 290 g/mol. The number of carbonyl (C=O) groups is 1. The maximum Gasteiger partial charge on any atom is 0.337 e. The molecule has 0 unspecified atom stereocenters. The summed E-state index contributed by atoms with van der Waals surface area (Å²) in [5, 5.41) is 9.33. The van der Waals surface area contributed by atoms with Crippen molar-refractivity contribution in [3.05, 3.63) is 53.1 Å². The van der Waals surface area contributed by atoms with E-state index < -0.39 is 5.97 Å². The van der Waals surface area contributed by atoms with Crippen LogP contribution < -0.4 is 4.74 Å². The van der Waals surface area contributed by atoms with E-state index >= 15 is 0 Å². The summed E-state index contributed by atoms with van der Waals surface area (Å²) in [6.45, 7) is 3.91. The van der Waals surface area contributed by atoms with Crippen molar-refractivity contribution >= 4 is 17.6 Å². The molecular formula is C16H15ClO3. The second kappa shape index (κ2) is 5.97. The Bertz CT molecular complexity index is 635. The van der Waals surface area contributed by atoms with Crippen LogP contribution in [-0.4, -0.2) is 17.2 Å². The average Bonchev–Trinajstić information content (AvgIpc) is 2.38. The van der Waals surface area contributed by atoms with Crippen molar-refractivity contribution in [3.63, 3.8) is 0 Å². The molecule has 2 rings (SSSR count). The third-order valence-electron chi connectivity index (χ3n) is 2.74. The number of carboxylic acid groups (broad SMARTS) is 1. The number of hydrogen-bond donors (Lipinski definition) is 1. The zero-order valence-corrected chi connectivity index (χ0v) is 12.0. The van der Waals surface area contributed by atoms with Crippen LogP contribution in [0.4, 0.5) is 0 Å². The highest BCUT2D eigenvalue weighted by molar-refractivity contribution is 6.33. The van der Waals surface area contributed by atoms with Crippen molar-refractivity contribution < 1.29 is 14.6 Å². The Labute approximate surface area is 122 Å². The lowest BCUT2D eigenvalue weighted by Gasteiger charge is -2.11. The molecule has 0 atom stereocenters. The first kappa shape index (κ1) is 14.4. The standard InChI is InChI=1S/C16H15ClO3/c1-10(2)20-13-5-3-4-11(8-13)12-6-7-15(17)14(9-12)16(18)19/h3-10H,1-2H3,(H,18,19). The third-order valence-corrected chi connectivity index (χ3v) is 3.07. The molecule has 0 bridgehead atoms. The summed E-state index contributed by atoms with van der Waals surface area (Å²) in [6, 6.07) is 12.5. The van der Waals surface area contributed by atoms with Gasteiger partial charge in [-0.3, -0.25) is 0 Å². The highest BCUT2D eigenvalue weighted by Crippen LogP contribution is 2.28. The minimum Gasteiger partial charge on any atom is -0.491 e. The van der Waals surface area contributed by atoms with Gasteiger partial charge >= 0.3 is 5.97 Å². The third kappa shape index (κ3) is 3.31. The Kier molecular flexibility index (Phi) is 4.30. The molecule has 3 nitrogen and oxygen atoms in total. The largest absolute Gasteiger partial charge is 0.491 e. The van der Waals surface area contributed by atoms with E-state index in [0.29, 0.717) is 0 Å². The highest BCUT2D eigenvalue weighted by atomic mass is 35.5. The number of carboxylic acids is 1. The maximum absolute atomic E-state index is 11.1. The van der Waals surface area contributed by atoms with Crippen molar-refractivity contribution in [1.82, 2.24) is 0 Å². The molecule has 2 aromatic rings. The molecule has 2 aromatic carbocycles. The van der Waals surface area contributed by atoms with Crippen LogP contribution in [0.2, 0.25) is 5.02 Å². The van der Waals surface area contributed by atoms with E-state index in [1.165, 1.54) is 0 Å². The van der Waals surface area contributed by atoms with E-state index in [9.17, 15) is 4.79 Å². The number of rotatable bonds is 4. The van der Waals surface area contributed by atoms with Gasteiger partial charge in [0, 0.05) is 0 Å². The molecule has 0 aliphatic heterocycles. The number of benzene rings is 2. The zero-order chi connectivity index (χ0) is 14.7. The van der Waals surface area contributed by atoms with Crippen LogP contribution >= 0.6 is 11.6 Å². The Morgan fingerprint density at radius 3 is 2.50 bits per heavy atom. The van der Waals surface area contributed by atoms with Crippen LogP contribution in [0.15, 0.2) is 42.5 Å². The van der Waals surface area contributed by atoms with Gasteiger partial charge in [-0.15, -0.1) is 0 Å². The predicted molar refractivity (Wildman–Crippen MR) is 79.6 cm³/mol. The summed E-state index contributed by atoms with van der Waals surface area (Å²) in [5.41, 5.74) is 1.78. The van der Waals surface area contributed by atoms with Crippen LogP contribution in [0.25, 0.3) is 11.1 Å². The van der Waals surface area contributed by atoms with Crippen LogP contribution in [0.5, 0.6) is 5.75 Å². The van der Waals surface area contributed by atoms with E-state index in [2.05, 4.69) is 0 Å². The van der Waals surface area contributed by atoms with E-state index in [1.54, 1.807) is 18.2 Å². The molecule has 104 valence electrons. The van der Waals surface area contributed by atoms with Gasteiger partial charge in [-0.1, -0.05) is 29.8 Å². The fraction of sp³-hybridized carbons (Fsp3) is 0.188. The summed E-state index contributed by atoms with van der Waals surface area (Å²) >= 11 is 5.87. The van der Waals surface area contributed by atoms with E-state index in [1.807, 2.05) is 38.1 Å². The fourth-order valence-corrected chi connectivity index (χ4v) is 2.09. The molecule has 0 aromatic heterocycles. The molecule has 0 radical (unpaired) electrons. The number of halogens is 1. The molecule has 0 spiro atoms. The second-order valence-electron chi connectivity index (χ2n) is 4.69. The van der Waals surface area contributed by atoms with Gasteiger partial charge in [-0.05, 0) is 49.2 Å². The minimum atomic E-state index is -1.04. The van der Waals surface area contributed by atoms with Gasteiger partial charge in [0.2, 0.25) is 0 Å². The SMILES string of the molecule is CC(C)Oc1cccc(-c2ccc(Cl)c(C(=O)O)c2)c1. The number of hydrogen-bond acceptors (Lipinski definition) is 2. The van der Waals surface area contributed by atoms with Gasteiger partial charge in [0.1, 0.15) is 5.75 Å². The normalized spacial score (nSPS) is 10.6. The minimum absolute atomic E-state index is 0.0880. The van der Waals surface area contributed by atoms with Gasteiger partial charge in [-0.2, -0.15) is 0 Å². The maximum atomic E-state index is 11.1. The van der Waals surface area contributed by atoms with Crippen molar-refractivity contribution in [1.29, 1.82) is 0 Å². The molecular weight excluding hydrogens is 276 g/mol. The molecule has 0 amide bonds. The summed E-state index contributed by atoms with van der Waals surface area (Å²) < 4.78 is 5.64. The summed E-state index contributed by atoms with van der Waals surface area (Å²) in [4.78, 5) is 11.1. The zero-order valence-electron chi connectivity index (χ0n) is 11.3. The second-order valence-corrected chi connectivity index (χ2v) is 5.10. The topological polar surface area (TPSA) is 46.5 Å². The predicted octanol–water partition coefficient (Wildman–Crippen LogP) is 4.49. The van der Waals surface area contributed by atoms with Gasteiger partial charge in [-0.25, -0.2) is 4.79 Å². The lowest BCUT2D eigenvalue weighted by atomic mass is 10.0. The summed E-state index contributed by atoms with van der Waals surface area (Å²) in [6.07, 6.45) is 0.0880. The Balaban J connectivity index is 2.41. The first-order valence-corrected chi connectivity index (χ1v) is 6.65. The first-order valence-electron chi connectivity index (χ1n) is 6.27. The fourth-order valence-electron chi connectivity index (χ4n) is 1.89. The molecule has 0 saturated carbocycles. The van der Waals surface area contributed by atoms with Crippen LogP contribution in [0.3, 0.4) is 0 Å². The molecule has 1 N–H and O–H groups in total. The Hall–Kier alpha value is -2.00. The van der Waals surface area contributed by atoms with Crippen molar-refractivity contribution in [2.45, 2.75) is 20.0 Å². The number of ether oxygens (including phenoxy) is 1. The molecule has 0 aliphatic carbocycles. The lowest BCUT2D eigenvalue weighted by Crippen LogP contribution is -2.05. The smallest absolute Gasteiger partial charge is 0.337 e. The van der Waals surface area contributed by atoms with Crippen LogP contribution in [0, 0.1) is 0 Å². The molecule has 0 fully saturated rings. The summed E-state index contributed by atoms with van der Waals surface area (Å²) in [7, 11) is 0. The highest BCUT2D eigenvalue weighted by Gasteiger charge is 2.10. The van der Waals surface area contributed by atoms with Gasteiger partial charge in [0.05, 0.1) is 16.7 Å². The Morgan fingerprint density at radius 1 is 1.15 bits per heavy atom. The van der Waals surface area contributed by atoms with Gasteiger partial charge < -0.3 is 9.84 Å². The van der Waals surface area contributed by atoms with Crippen molar-refractivity contribution in [2.75, 3.05) is 0 Å². The molecule has 0 heterocycles. The molecule has 20 heavy (non-hydrogen) atoms. The van der Waals surface area contributed by atoms with Crippen molar-refractivity contribution in [2.24, 2.45) is 0 Å². The van der Waals surface area contributed by atoms with Crippen LogP contribution in [-0.2, 0) is 0 Å². The average molecular weight is 291 g/mol. The van der Waals surface area contributed by atoms with Gasteiger partial charge in [0.15, 0.2) is 0 Å². The van der Waals surface area contributed by atoms with Crippen LogP contribution in [0.1, 0.15) is 24.2 Å². The molecule has 0 saturated heterocycles. The van der Waals surface area contributed by atoms with E-state index in [4.69, 9.17) is 21.4 Å². The quantitative estimate of drug-likeness (QED) is 0.902. The molecule has 0 aliphatic rings.